The Morgan fingerprint density at radius 2 is 2.33 bits per heavy atom. The molecule has 1 unspecified atom stereocenters. The Morgan fingerprint density at radius 1 is 1.48 bits per heavy atom. The fraction of sp³-hybridized carbons (Fsp3) is 0.625. The third-order valence-electron chi connectivity index (χ3n) is 3.79. The molecule has 4 nitrogen and oxygen atoms in total. The van der Waals surface area contributed by atoms with E-state index in [1.165, 1.54) is 6.07 Å². The average Bonchev–Trinajstić information content (AvgIpc) is 2.51. The minimum Gasteiger partial charge on any atom is -0.497 e. The van der Waals surface area contributed by atoms with Crippen molar-refractivity contribution in [2.45, 2.75) is 25.9 Å². The highest BCUT2D eigenvalue weighted by Crippen LogP contribution is 2.19. The highest BCUT2D eigenvalue weighted by atomic mass is 19.1. The van der Waals surface area contributed by atoms with Crippen molar-refractivity contribution in [3.8, 4) is 5.75 Å². The van der Waals surface area contributed by atoms with Crippen LogP contribution in [0.3, 0.4) is 0 Å². The molecule has 1 atom stereocenters. The van der Waals surface area contributed by atoms with Gasteiger partial charge in [0.15, 0.2) is 0 Å². The highest BCUT2D eigenvalue weighted by molar-refractivity contribution is 5.28. The molecule has 1 aliphatic rings. The molecule has 0 spiro atoms. The van der Waals surface area contributed by atoms with Crippen molar-refractivity contribution < 1.29 is 13.9 Å². The molecule has 1 aliphatic heterocycles. The molecule has 1 heterocycles. The number of morpholine rings is 1. The highest BCUT2D eigenvalue weighted by Gasteiger charge is 2.23. The summed E-state index contributed by atoms with van der Waals surface area (Å²) < 4.78 is 24.7. The van der Waals surface area contributed by atoms with Gasteiger partial charge in [0.05, 0.1) is 20.3 Å². The Hall–Kier alpha value is -1.17. The van der Waals surface area contributed by atoms with Crippen LogP contribution in [0, 0.1) is 5.82 Å². The molecule has 0 bridgehead atoms. The van der Waals surface area contributed by atoms with Crippen molar-refractivity contribution in [3.05, 3.63) is 29.6 Å². The van der Waals surface area contributed by atoms with Crippen molar-refractivity contribution in [1.29, 1.82) is 0 Å². The molecule has 0 aliphatic carbocycles. The Labute approximate surface area is 126 Å². The number of hydrogen-bond donors (Lipinski definition) is 1. The average molecular weight is 296 g/mol. The van der Waals surface area contributed by atoms with Crippen LogP contribution in [0.4, 0.5) is 4.39 Å². The molecule has 1 aromatic rings. The first kappa shape index (κ1) is 16.2. The van der Waals surface area contributed by atoms with E-state index in [1.54, 1.807) is 13.2 Å². The van der Waals surface area contributed by atoms with Crippen LogP contribution in [0.1, 0.15) is 18.9 Å². The van der Waals surface area contributed by atoms with Crippen molar-refractivity contribution in [1.82, 2.24) is 10.2 Å². The summed E-state index contributed by atoms with van der Waals surface area (Å²) in [6, 6.07) is 5.36. The fourth-order valence-electron chi connectivity index (χ4n) is 2.53. The van der Waals surface area contributed by atoms with E-state index in [4.69, 9.17) is 9.47 Å². The number of halogens is 1. The lowest BCUT2D eigenvalue weighted by Crippen LogP contribution is -2.50. The van der Waals surface area contributed by atoms with E-state index in [9.17, 15) is 4.39 Å². The standard InChI is InChI=1S/C16H25FN2O2/c1-3-6-18-10-14-12-21-8-7-19(14)11-13-4-5-15(20-2)9-16(13)17/h4-5,9,14,18H,3,6-8,10-12H2,1-2H3. The van der Waals surface area contributed by atoms with E-state index in [1.807, 2.05) is 6.07 Å². The summed E-state index contributed by atoms with van der Waals surface area (Å²) in [5.41, 5.74) is 0.707. The van der Waals surface area contributed by atoms with Gasteiger partial charge >= 0.3 is 0 Å². The topological polar surface area (TPSA) is 33.7 Å². The van der Waals surface area contributed by atoms with Crippen LogP contribution >= 0.6 is 0 Å². The van der Waals surface area contributed by atoms with E-state index in [2.05, 4.69) is 17.1 Å². The van der Waals surface area contributed by atoms with E-state index >= 15 is 0 Å². The van der Waals surface area contributed by atoms with Crippen LogP contribution in [0.2, 0.25) is 0 Å². The monoisotopic (exact) mass is 296 g/mol. The number of nitrogens with zero attached hydrogens (tertiary/aromatic N) is 1. The number of ether oxygens (including phenoxy) is 2. The smallest absolute Gasteiger partial charge is 0.131 e. The molecule has 118 valence electrons. The van der Waals surface area contributed by atoms with Crippen LogP contribution in [0.15, 0.2) is 18.2 Å². The van der Waals surface area contributed by atoms with Crippen molar-refractivity contribution >= 4 is 0 Å². The zero-order valence-electron chi connectivity index (χ0n) is 12.9. The maximum atomic E-state index is 14.1. The largest absolute Gasteiger partial charge is 0.497 e. The van der Waals surface area contributed by atoms with Gasteiger partial charge in [-0.05, 0) is 19.0 Å². The number of benzene rings is 1. The predicted molar refractivity (Wildman–Crippen MR) is 81.1 cm³/mol. The molecule has 1 saturated heterocycles. The molecule has 0 amide bonds. The molecule has 0 saturated carbocycles. The predicted octanol–water partition coefficient (Wildman–Crippen LogP) is 2.03. The van der Waals surface area contributed by atoms with Crippen molar-refractivity contribution in [2.24, 2.45) is 0 Å². The van der Waals surface area contributed by atoms with Gasteiger partial charge < -0.3 is 14.8 Å². The van der Waals surface area contributed by atoms with Gasteiger partial charge in [0.25, 0.3) is 0 Å². The van der Waals surface area contributed by atoms with Crippen LogP contribution in [-0.4, -0.2) is 50.9 Å². The molecule has 5 heteroatoms. The third-order valence-corrected chi connectivity index (χ3v) is 3.79. The Balaban J connectivity index is 1.98. The number of methoxy groups -OCH3 is 1. The molecule has 0 radical (unpaired) electrons. The molecule has 2 rings (SSSR count). The maximum Gasteiger partial charge on any atom is 0.131 e. The zero-order chi connectivity index (χ0) is 15.1. The summed E-state index contributed by atoms with van der Waals surface area (Å²) in [5, 5.41) is 3.42. The minimum absolute atomic E-state index is 0.207. The van der Waals surface area contributed by atoms with Crippen molar-refractivity contribution in [2.75, 3.05) is 40.0 Å². The summed E-state index contributed by atoms with van der Waals surface area (Å²) in [6.45, 7) is 6.89. The summed E-state index contributed by atoms with van der Waals surface area (Å²) in [5.74, 6) is 0.348. The zero-order valence-corrected chi connectivity index (χ0v) is 12.9. The van der Waals surface area contributed by atoms with Gasteiger partial charge in [-0.15, -0.1) is 0 Å². The Morgan fingerprint density at radius 3 is 3.05 bits per heavy atom. The number of rotatable bonds is 7. The van der Waals surface area contributed by atoms with Gasteiger partial charge in [-0.2, -0.15) is 0 Å². The summed E-state index contributed by atoms with van der Waals surface area (Å²) in [7, 11) is 1.55. The molecule has 1 aromatic carbocycles. The lowest BCUT2D eigenvalue weighted by molar-refractivity contribution is -0.0113. The minimum atomic E-state index is -0.207. The van der Waals surface area contributed by atoms with Gasteiger partial charge in [-0.25, -0.2) is 4.39 Å². The van der Waals surface area contributed by atoms with Crippen LogP contribution in [-0.2, 0) is 11.3 Å². The molecular weight excluding hydrogens is 271 g/mol. The Kier molecular flexibility index (Phi) is 6.42. The quantitative estimate of drug-likeness (QED) is 0.781. The van der Waals surface area contributed by atoms with E-state index < -0.39 is 0 Å². The second-order valence-corrected chi connectivity index (χ2v) is 5.36. The lowest BCUT2D eigenvalue weighted by atomic mass is 10.1. The molecular formula is C16H25FN2O2. The summed E-state index contributed by atoms with van der Waals surface area (Å²) in [4.78, 5) is 2.29. The van der Waals surface area contributed by atoms with Gasteiger partial charge in [0, 0.05) is 37.3 Å². The van der Waals surface area contributed by atoms with Crippen LogP contribution in [0.25, 0.3) is 0 Å². The van der Waals surface area contributed by atoms with Gasteiger partial charge in [0.2, 0.25) is 0 Å². The van der Waals surface area contributed by atoms with Crippen LogP contribution < -0.4 is 10.1 Å². The van der Waals surface area contributed by atoms with Gasteiger partial charge in [-0.3, -0.25) is 4.90 Å². The third kappa shape index (κ3) is 4.66. The van der Waals surface area contributed by atoms with E-state index in [0.717, 1.165) is 26.1 Å². The van der Waals surface area contributed by atoms with Gasteiger partial charge in [-0.1, -0.05) is 13.0 Å². The van der Waals surface area contributed by atoms with E-state index in [-0.39, 0.29) is 5.82 Å². The SMILES string of the molecule is CCCNCC1COCCN1Cc1ccc(OC)cc1F. The molecule has 21 heavy (non-hydrogen) atoms. The normalized spacial score (nSPS) is 19.7. The lowest BCUT2D eigenvalue weighted by Gasteiger charge is -2.35. The van der Waals surface area contributed by atoms with Gasteiger partial charge in [0.1, 0.15) is 11.6 Å². The molecule has 0 aromatic heterocycles. The second-order valence-electron chi connectivity index (χ2n) is 5.36. The van der Waals surface area contributed by atoms with Crippen molar-refractivity contribution in [3.63, 3.8) is 0 Å². The summed E-state index contributed by atoms with van der Waals surface area (Å²) in [6.07, 6.45) is 1.11. The first-order valence-corrected chi connectivity index (χ1v) is 7.59. The fourth-order valence-corrected chi connectivity index (χ4v) is 2.53. The molecule has 1 fully saturated rings. The first-order chi connectivity index (χ1) is 10.2. The second kappa shape index (κ2) is 8.32. The number of hydrogen-bond acceptors (Lipinski definition) is 4. The summed E-state index contributed by atoms with van der Waals surface area (Å²) >= 11 is 0. The number of nitrogens with one attached hydrogen (secondary N) is 1. The first-order valence-electron chi connectivity index (χ1n) is 7.59. The van der Waals surface area contributed by atoms with E-state index in [0.29, 0.717) is 37.1 Å². The maximum absolute atomic E-state index is 14.1. The van der Waals surface area contributed by atoms with Crippen LogP contribution in [0.5, 0.6) is 5.75 Å². The Bertz CT molecular complexity index is 442. The molecule has 1 N–H and O–H groups in total.